The van der Waals surface area contributed by atoms with Crippen LogP contribution in [0.5, 0.6) is 5.75 Å². The number of nitrogens with zero attached hydrogens (tertiary/aromatic N) is 3. The fourth-order valence-electron chi connectivity index (χ4n) is 5.34. The lowest BCUT2D eigenvalue weighted by Crippen LogP contribution is -2.33. The molecule has 3 heterocycles. The normalized spacial score (nSPS) is 15.4. The van der Waals surface area contributed by atoms with Crippen molar-refractivity contribution >= 4 is 53.5 Å². The minimum Gasteiger partial charge on any atom is -0.490 e. The number of ether oxygens (including phenoxy) is 2. The molecular formula is C34H28BrF2N5O4S. The first-order valence-corrected chi connectivity index (χ1v) is 16.5. The van der Waals surface area contributed by atoms with Gasteiger partial charge in [0.25, 0.3) is 0 Å². The van der Waals surface area contributed by atoms with E-state index in [9.17, 15) is 12.8 Å². The van der Waals surface area contributed by atoms with Crippen molar-refractivity contribution in [2.45, 2.75) is 25.0 Å². The molecule has 13 heteroatoms. The van der Waals surface area contributed by atoms with Crippen LogP contribution >= 0.6 is 15.9 Å². The Morgan fingerprint density at radius 1 is 1.02 bits per heavy atom. The molecule has 0 aliphatic carbocycles. The largest absolute Gasteiger partial charge is 0.490 e. The lowest BCUT2D eigenvalue weighted by molar-refractivity contribution is 0.0297. The highest BCUT2D eigenvalue weighted by Crippen LogP contribution is 2.41. The predicted molar refractivity (Wildman–Crippen MR) is 179 cm³/mol. The summed E-state index contributed by atoms with van der Waals surface area (Å²) in [5.41, 5.74) is 1.47. The average Bonchev–Trinajstić information content (AvgIpc) is 3.54. The fraction of sp³-hybridized carbons (Fsp3) is 0.176. The number of hydrogen-bond acceptors (Lipinski definition) is 9. The van der Waals surface area contributed by atoms with Crippen molar-refractivity contribution in [1.82, 2.24) is 20.3 Å². The Bertz CT molecular complexity index is 2080. The molecule has 6 rings (SSSR count). The average molecular weight is 721 g/mol. The third kappa shape index (κ3) is 7.48. The van der Waals surface area contributed by atoms with E-state index in [-0.39, 0.29) is 23.8 Å². The highest BCUT2D eigenvalue weighted by molar-refractivity contribution is 9.10. The number of fused-ring (bicyclic) bond motifs is 1. The summed E-state index contributed by atoms with van der Waals surface area (Å²) in [6.45, 7) is 0.595. The van der Waals surface area contributed by atoms with Crippen LogP contribution in [0.25, 0.3) is 10.9 Å². The summed E-state index contributed by atoms with van der Waals surface area (Å²) < 4.78 is 65.5. The van der Waals surface area contributed by atoms with Crippen LogP contribution in [0.15, 0.2) is 102 Å². The first-order chi connectivity index (χ1) is 22.8. The van der Waals surface area contributed by atoms with Crippen LogP contribution in [0.3, 0.4) is 0 Å². The molecule has 1 aliphatic heterocycles. The van der Waals surface area contributed by atoms with Crippen molar-refractivity contribution in [3.05, 3.63) is 131 Å². The summed E-state index contributed by atoms with van der Waals surface area (Å²) in [4.78, 5) is 13.0. The van der Waals surface area contributed by atoms with Crippen LogP contribution < -0.4 is 15.4 Å². The molecular weight excluding hydrogens is 692 g/mol. The zero-order valence-electron chi connectivity index (χ0n) is 24.8. The lowest BCUT2D eigenvalue weighted by Gasteiger charge is -2.30. The quantitative estimate of drug-likeness (QED) is 0.0837. The summed E-state index contributed by atoms with van der Waals surface area (Å²) in [5.74, 6) is 0.231. The van der Waals surface area contributed by atoms with Gasteiger partial charge in [-0.25, -0.2) is 18.7 Å². The number of hydrogen-bond donors (Lipinski definition) is 2. The van der Waals surface area contributed by atoms with E-state index < -0.39 is 21.7 Å². The van der Waals surface area contributed by atoms with Gasteiger partial charge in [0.1, 0.15) is 46.6 Å². The van der Waals surface area contributed by atoms with Crippen LogP contribution in [0.4, 0.5) is 20.3 Å². The van der Waals surface area contributed by atoms with Crippen molar-refractivity contribution in [3.8, 4) is 5.75 Å². The van der Waals surface area contributed by atoms with Crippen molar-refractivity contribution < 1.29 is 26.7 Å². The maximum Gasteiger partial charge on any atom is 0.220 e. The van der Waals surface area contributed by atoms with Gasteiger partial charge in [-0.3, -0.25) is 4.98 Å². The summed E-state index contributed by atoms with van der Waals surface area (Å²) >= 11 is 3.54. The Morgan fingerprint density at radius 2 is 1.91 bits per heavy atom. The molecule has 0 radical (unpaired) electrons. The summed E-state index contributed by atoms with van der Waals surface area (Å²) in [7, 11) is -2.46. The van der Waals surface area contributed by atoms with Gasteiger partial charge in [-0.2, -0.15) is 8.42 Å². The number of halogens is 3. The molecule has 1 aliphatic rings. The molecule has 0 amide bonds. The minimum absolute atomic E-state index is 0.0585. The summed E-state index contributed by atoms with van der Waals surface area (Å²) in [5, 5.41) is 7.03. The van der Waals surface area contributed by atoms with Crippen LogP contribution in [-0.4, -0.2) is 41.3 Å². The topological polar surface area (TPSA) is 115 Å². The molecule has 0 saturated carbocycles. The molecule has 0 spiro atoms. The van der Waals surface area contributed by atoms with Crippen molar-refractivity contribution in [3.63, 3.8) is 0 Å². The second-order valence-electron chi connectivity index (χ2n) is 10.7. The summed E-state index contributed by atoms with van der Waals surface area (Å²) in [6, 6.07) is 19.8. The van der Waals surface area contributed by atoms with E-state index in [1.807, 2.05) is 18.2 Å². The number of aromatic nitrogens is 3. The number of benzene rings is 3. The van der Waals surface area contributed by atoms with Crippen LogP contribution in [-0.2, 0) is 27.2 Å². The van der Waals surface area contributed by atoms with Crippen molar-refractivity contribution in [1.29, 1.82) is 0 Å². The SMILES string of the molecule is O=S(=O)=C(CNCCC1(c2cc3c(Nc4ccc(OCc5cccc(F)c5)c(Br)c4)ncnc3cc2F)CC=CO1)c1ccccn1. The monoisotopic (exact) mass is 719 g/mol. The van der Waals surface area contributed by atoms with Gasteiger partial charge in [-0.1, -0.05) is 18.2 Å². The number of rotatable bonds is 12. The Labute approximate surface area is 279 Å². The van der Waals surface area contributed by atoms with Crippen molar-refractivity contribution in [2.75, 3.05) is 18.4 Å². The van der Waals surface area contributed by atoms with E-state index in [0.29, 0.717) is 68.8 Å². The Balaban J connectivity index is 1.20. The molecule has 3 aromatic carbocycles. The molecule has 5 aromatic rings. The molecule has 1 unspecified atom stereocenters. The van der Waals surface area contributed by atoms with Gasteiger partial charge in [0.15, 0.2) is 0 Å². The van der Waals surface area contributed by atoms with Gasteiger partial charge in [0.2, 0.25) is 10.3 Å². The molecule has 0 saturated heterocycles. The van der Waals surface area contributed by atoms with Gasteiger partial charge in [-0.15, -0.1) is 0 Å². The molecule has 240 valence electrons. The Hall–Kier alpha value is -4.72. The lowest BCUT2D eigenvalue weighted by atomic mass is 9.86. The number of pyridine rings is 1. The second-order valence-corrected chi connectivity index (χ2v) is 12.6. The maximum atomic E-state index is 15.7. The van der Waals surface area contributed by atoms with Gasteiger partial charge in [-0.05, 0) is 82.6 Å². The smallest absolute Gasteiger partial charge is 0.220 e. The number of anilines is 2. The van der Waals surface area contributed by atoms with Gasteiger partial charge in [0.05, 0.1) is 21.9 Å². The van der Waals surface area contributed by atoms with Gasteiger partial charge >= 0.3 is 0 Å². The number of nitrogens with one attached hydrogen (secondary N) is 2. The first-order valence-electron chi connectivity index (χ1n) is 14.6. The highest BCUT2D eigenvalue weighted by atomic mass is 79.9. The zero-order valence-corrected chi connectivity index (χ0v) is 27.2. The summed E-state index contributed by atoms with van der Waals surface area (Å²) in [6.07, 6.45) is 7.05. The Kier molecular flexibility index (Phi) is 9.85. The molecule has 47 heavy (non-hydrogen) atoms. The van der Waals surface area contributed by atoms with E-state index in [1.165, 1.54) is 30.7 Å². The molecule has 0 bridgehead atoms. The van der Waals surface area contributed by atoms with Crippen LogP contribution in [0.1, 0.15) is 29.7 Å². The third-order valence-corrected chi connectivity index (χ3v) is 9.05. The van der Waals surface area contributed by atoms with Gasteiger partial charge < -0.3 is 20.1 Å². The maximum absolute atomic E-state index is 15.7. The van der Waals surface area contributed by atoms with E-state index in [2.05, 4.69) is 41.5 Å². The highest BCUT2D eigenvalue weighted by Gasteiger charge is 2.38. The first kappa shape index (κ1) is 32.2. The van der Waals surface area contributed by atoms with Crippen LogP contribution in [0.2, 0.25) is 0 Å². The zero-order chi connectivity index (χ0) is 32.8. The molecule has 9 nitrogen and oxygen atoms in total. The van der Waals surface area contributed by atoms with Gasteiger partial charge in [0, 0.05) is 48.3 Å². The van der Waals surface area contributed by atoms with Crippen molar-refractivity contribution in [2.24, 2.45) is 0 Å². The molecule has 2 aromatic heterocycles. The molecule has 2 N–H and O–H groups in total. The standard InChI is InChI=1S/C34H28BrF2N5O4S/c35-27-16-24(8-9-31(27)45-20-22-5-3-6-23(36)15-22)42-33-25-17-26(28(37)18-30(25)40-21-41-33)34(10-4-14-46-34)11-13-38-19-32(47(43)44)29-7-1-2-12-39-29/h1-9,12,14-18,21,38H,10-11,13,19-20H2,(H,40,41,42). The van der Waals surface area contributed by atoms with E-state index in [4.69, 9.17) is 9.47 Å². The minimum atomic E-state index is -2.46. The van der Waals surface area contributed by atoms with Crippen LogP contribution in [0, 0.1) is 11.6 Å². The predicted octanol–water partition coefficient (Wildman–Crippen LogP) is 6.60. The van der Waals surface area contributed by atoms with E-state index >= 15 is 4.39 Å². The Morgan fingerprint density at radius 3 is 2.66 bits per heavy atom. The fourth-order valence-corrected chi connectivity index (χ4v) is 6.34. The van der Waals surface area contributed by atoms with E-state index in [1.54, 1.807) is 48.7 Å². The molecule has 1 atom stereocenters. The second kappa shape index (κ2) is 14.4. The third-order valence-electron chi connectivity index (χ3n) is 7.67. The molecule has 0 fully saturated rings. The van der Waals surface area contributed by atoms with E-state index in [0.717, 1.165) is 0 Å².